The first-order chi connectivity index (χ1) is 9.65. The van der Waals surface area contributed by atoms with Crippen molar-refractivity contribution in [3.8, 4) is 5.75 Å². The quantitative estimate of drug-likeness (QED) is 0.913. The maximum Gasteiger partial charge on any atom is 0.119 e. The number of benzene rings is 2. The van der Waals surface area contributed by atoms with E-state index in [0.717, 1.165) is 27.5 Å². The number of halogens is 1. The summed E-state index contributed by atoms with van der Waals surface area (Å²) >= 11 is 6.34. The van der Waals surface area contributed by atoms with Crippen molar-refractivity contribution in [1.29, 1.82) is 0 Å². The zero-order chi connectivity index (χ0) is 14.1. The van der Waals surface area contributed by atoms with Gasteiger partial charge in [0.1, 0.15) is 5.75 Å². The average molecular weight is 288 g/mol. The van der Waals surface area contributed by atoms with Crippen molar-refractivity contribution in [3.63, 3.8) is 0 Å². The maximum atomic E-state index is 6.34. The summed E-state index contributed by atoms with van der Waals surface area (Å²) < 4.78 is 5.74. The molecular formula is C17H18ClNO. The lowest BCUT2D eigenvalue weighted by Gasteiger charge is -2.16. The molecule has 1 saturated carbocycles. The summed E-state index contributed by atoms with van der Waals surface area (Å²) in [5.41, 5.74) is 9.38. The van der Waals surface area contributed by atoms with Crippen LogP contribution in [0.4, 0.5) is 0 Å². The molecule has 0 heterocycles. The Hall–Kier alpha value is -1.51. The summed E-state index contributed by atoms with van der Waals surface area (Å²) in [5, 5.41) is 0.748. The summed E-state index contributed by atoms with van der Waals surface area (Å²) in [6.45, 7) is 1.99. The molecule has 2 aromatic carbocycles. The third-order valence-electron chi connectivity index (χ3n) is 3.62. The molecule has 0 amide bonds. The van der Waals surface area contributed by atoms with Gasteiger partial charge in [-0.05, 0) is 48.6 Å². The smallest absolute Gasteiger partial charge is 0.119 e. The van der Waals surface area contributed by atoms with Crippen molar-refractivity contribution in [2.45, 2.75) is 31.9 Å². The van der Waals surface area contributed by atoms with Crippen molar-refractivity contribution < 1.29 is 4.74 Å². The van der Waals surface area contributed by atoms with E-state index >= 15 is 0 Å². The molecule has 0 aromatic heterocycles. The zero-order valence-electron chi connectivity index (χ0n) is 11.5. The van der Waals surface area contributed by atoms with Crippen molar-refractivity contribution in [2.24, 2.45) is 5.73 Å². The Balaban J connectivity index is 1.82. The van der Waals surface area contributed by atoms with Gasteiger partial charge in [0, 0.05) is 5.02 Å². The molecule has 1 atom stereocenters. The third kappa shape index (κ3) is 2.82. The van der Waals surface area contributed by atoms with Gasteiger partial charge in [0.25, 0.3) is 0 Å². The van der Waals surface area contributed by atoms with Gasteiger partial charge in [-0.15, -0.1) is 0 Å². The second-order valence-corrected chi connectivity index (χ2v) is 5.72. The molecule has 0 spiro atoms. The molecule has 3 heteroatoms. The van der Waals surface area contributed by atoms with Gasteiger partial charge in [-0.2, -0.15) is 0 Å². The summed E-state index contributed by atoms with van der Waals surface area (Å²) in [7, 11) is 0. The van der Waals surface area contributed by atoms with Gasteiger partial charge in [-0.1, -0.05) is 41.9 Å². The standard InChI is InChI=1S/C17H18ClNO/c1-11-3-2-4-15(16(11)18)17(19)12-5-7-13(8-6-12)20-14-9-10-14/h2-8,14,17H,9-10,19H2,1H3. The Morgan fingerprint density at radius 2 is 1.85 bits per heavy atom. The fraction of sp³-hybridized carbons (Fsp3) is 0.294. The van der Waals surface area contributed by atoms with Crippen molar-refractivity contribution in [3.05, 3.63) is 64.2 Å². The Morgan fingerprint density at radius 3 is 2.50 bits per heavy atom. The first-order valence-electron chi connectivity index (χ1n) is 6.92. The topological polar surface area (TPSA) is 35.2 Å². The average Bonchev–Trinajstić information content (AvgIpc) is 3.26. The van der Waals surface area contributed by atoms with Gasteiger partial charge in [-0.3, -0.25) is 0 Å². The van der Waals surface area contributed by atoms with E-state index in [9.17, 15) is 0 Å². The van der Waals surface area contributed by atoms with E-state index in [0.29, 0.717) is 6.10 Å². The highest BCUT2D eigenvalue weighted by molar-refractivity contribution is 6.32. The Labute approximate surface area is 124 Å². The van der Waals surface area contributed by atoms with Crippen molar-refractivity contribution in [2.75, 3.05) is 0 Å². The summed E-state index contributed by atoms with van der Waals surface area (Å²) in [4.78, 5) is 0. The minimum Gasteiger partial charge on any atom is -0.490 e. The Kier molecular flexibility index (Phi) is 3.68. The molecule has 2 N–H and O–H groups in total. The monoisotopic (exact) mass is 287 g/mol. The van der Waals surface area contributed by atoms with Gasteiger partial charge < -0.3 is 10.5 Å². The lowest BCUT2D eigenvalue weighted by Crippen LogP contribution is -2.12. The molecule has 2 aromatic rings. The van der Waals surface area contributed by atoms with E-state index in [1.54, 1.807) is 0 Å². The highest BCUT2D eigenvalue weighted by Crippen LogP contribution is 2.31. The summed E-state index contributed by atoms with van der Waals surface area (Å²) in [5.74, 6) is 0.916. The van der Waals surface area contributed by atoms with Crippen LogP contribution in [0.15, 0.2) is 42.5 Å². The molecule has 0 saturated heterocycles. The van der Waals surface area contributed by atoms with Crippen LogP contribution in [0.5, 0.6) is 5.75 Å². The van der Waals surface area contributed by atoms with Gasteiger partial charge in [0.05, 0.1) is 12.1 Å². The zero-order valence-corrected chi connectivity index (χ0v) is 12.2. The highest BCUT2D eigenvalue weighted by atomic mass is 35.5. The Morgan fingerprint density at radius 1 is 1.15 bits per heavy atom. The number of rotatable bonds is 4. The van der Waals surface area contributed by atoms with Crippen LogP contribution in [-0.2, 0) is 0 Å². The first-order valence-corrected chi connectivity index (χ1v) is 7.30. The van der Waals surface area contributed by atoms with Crippen LogP contribution in [0.2, 0.25) is 5.02 Å². The van der Waals surface area contributed by atoms with E-state index in [1.807, 2.05) is 49.4 Å². The molecule has 0 radical (unpaired) electrons. The van der Waals surface area contributed by atoms with Crippen LogP contribution >= 0.6 is 11.6 Å². The van der Waals surface area contributed by atoms with Gasteiger partial charge in [0.2, 0.25) is 0 Å². The molecule has 3 rings (SSSR count). The second-order valence-electron chi connectivity index (χ2n) is 5.34. The lowest BCUT2D eigenvalue weighted by atomic mass is 9.98. The first kappa shape index (κ1) is 13.5. The molecule has 20 heavy (non-hydrogen) atoms. The van der Waals surface area contributed by atoms with Crippen LogP contribution in [-0.4, -0.2) is 6.10 Å². The van der Waals surface area contributed by atoms with Crippen molar-refractivity contribution >= 4 is 11.6 Å². The highest BCUT2D eigenvalue weighted by Gasteiger charge is 2.23. The fourth-order valence-corrected chi connectivity index (χ4v) is 2.47. The largest absolute Gasteiger partial charge is 0.490 e. The number of aryl methyl sites for hydroxylation is 1. The normalized spacial score (nSPS) is 15.9. The molecule has 2 nitrogen and oxygen atoms in total. The van der Waals surface area contributed by atoms with Crippen LogP contribution in [0, 0.1) is 6.92 Å². The summed E-state index contributed by atoms with van der Waals surface area (Å²) in [6, 6.07) is 13.7. The van der Waals surface area contributed by atoms with Crippen LogP contribution < -0.4 is 10.5 Å². The van der Waals surface area contributed by atoms with E-state index in [1.165, 1.54) is 12.8 Å². The molecule has 1 aliphatic rings. The minimum absolute atomic E-state index is 0.211. The maximum absolute atomic E-state index is 6.34. The molecule has 0 bridgehead atoms. The molecule has 104 valence electrons. The number of hydrogen-bond donors (Lipinski definition) is 1. The van der Waals surface area contributed by atoms with E-state index in [-0.39, 0.29) is 6.04 Å². The predicted octanol–water partition coefficient (Wildman–Crippen LogP) is 4.24. The van der Waals surface area contributed by atoms with Crippen molar-refractivity contribution in [1.82, 2.24) is 0 Å². The van der Waals surface area contributed by atoms with Crippen LogP contribution in [0.3, 0.4) is 0 Å². The van der Waals surface area contributed by atoms with Crippen LogP contribution in [0.25, 0.3) is 0 Å². The van der Waals surface area contributed by atoms with Gasteiger partial charge in [0.15, 0.2) is 0 Å². The number of nitrogens with two attached hydrogens (primary N) is 1. The molecule has 1 unspecified atom stereocenters. The fourth-order valence-electron chi connectivity index (χ4n) is 2.22. The number of hydrogen-bond acceptors (Lipinski definition) is 2. The summed E-state index contributed by atoms with van der Waals surface area (Å²) in [6.07, 6.45) is 2.75. The molecule has 1 fully saturated rings. The second kappa shape index (κ2) is 5.47. The van der Waals surface area contributed by atoms with Gasteiger partial charge in [-0.25, -0.2) is 0 Å². The SMILES string of the molecule is Cc1cccc(C(N)c2ccc(OC3CC3)cc2)c1Cl. The predicted molar refractivity (Wildman–Crippen MR) is 82.3 cm³/mol. The molecule has 1 aliphatic carbocycles. The molecular weight excluding hydrogens is 270 g/mol. The lowest BCUT2D eigenvalue weighted by molar-refractivity contribution is 0.303. The minimum atomic E-state index is -0.211. The third-order valence-corrected chi connectivity index (χ3v) is 4.14. The van der Waals surface area contributed by atoms with Crippen LogP contribution in [0.1, 0.15) is 35.6 Å². The van der Waals surface area contributed by atoms with E-state index in [4.69, 9.17) is 22.1 Å². The van der Waals surface area contributed by atoms with Gasteiger partial charge >= 0.3 is 0 Å². The van der Waals surface area contributed by atoms with E-state index < -0.39 is 0 Å². The Bertz CT molecular complexity index is 605. The van der Waals surface area contributed by atoms with E-state index in [2.05, 4.69) is 0 Å². The number of ether oxygens (including phenoxy) is 1. The molecule has 0 aliphatic heterocycles.